The normalized spacial score (nSPS) is 12.1. The van der Waals surface area contributed by atoms with Crippen molar-refractivity contribution in [2.75, 3.05) is 0 Å². The van der Waals surface area contributed by atoms with Crippen LogP contribution in [0.1, 0.15) is 30.0 Å². The molecule has 1 atom stereocenters. The molecule has 0 bridgehead atoms. The zero-order valence-corrected chi connectivity index (χ0v) is 19.7. The maximum atomic E-state index is 6.25. The number of benzene rings is 4. The Balaban J connectivity index is 1.47. The Hall–Kier alpha value is -2.52. The van der Waals surface area contributed by atoms with Crippen molar-refractivity contribution in [2.24, 2.45) is 0 Å². The summed E-state index contributed by atoms with van der Waals surface area (Å²) in [6.07, 6.45) is 2.14. The molecule has 1 N–H and O–H groups in total. The molecule has 0 aromatic heterocycles. The van der Waals surface area contributed by atoms with Crippen LogP contribution in [0.15, 0.2) is 84.9 Å². The van der Waals surface area contributed by atoms with E-state index in [0.717, 1.165) is 30.7 Å². The fourth-order valence-electron chi connectivity index (χ4n) is 3.83. The summed E-state index contributed by atoms with van der Waals surface area (Å²) in [6, 6.07) is 29.2. The van der Waals surface area contributed by atoms with Crippen LogP contribution in [0.25, 0.3) is 10.8 Å². The van der Waals surface area contributed by atoms with Gasteiger partial charge in [-0.05, 0) is 59.9 Å². The average Bonchev–Trinajstić information content (AvgIpc) is 2.83. The molecule has 0 saturated carbocycles. The number of nitrogens with one attached hydrogen (secondary N) is 1. The lowest BCUT2D eigenvalue weighted by atomic mass is 10.0. The molecule has 2 nitrogen and oxygen atoms in total. The molecule has 4 aromatic carbocycles. The van der Waals surface area contributed by atoms with Gasteiger partial charge in [0.05, 0.1) is 10.0 Å². The van der Waals surface area contributed by atoms with E-state index in [1.807, 2.05) is 12.1 Å². The van der Waals surface area contributed by atoms with Crippen molar-refractivity contribution < 1.29 is 4.74 Å². The van der Waals surface area contributed by atoms with Crippen molar-refractivity contribution >= 4 is 34.0 Å². The van der Waals surface area contributed by atoms with E-state index in [2.05, 4.69) is 79.0 Å². The summed E-state index contributed by atoms with van der Waals surface area (Å²) in [5.41, 5.74) is 3.54. The Morgan fingerprint density at radius 1 is 0.812 bits per heavy atom. The lowest BCUT2D eigenvalue weighted by molar-refractivity contribution is 0.302. The summed E-state index contributed by atoms with van der Waals surface area (Å²) in [5.74, 6) is 0.887. The van der Waals surface area contributed by atoms with Gasteiger partial charge in [0, 0.05) is 18.2 Å². The van der Waals surface area contributed by atoms with Gasteiger partial charge in [0.2, 0.25) is 0 Å². The third kappa shape index (κ3) is 5.83. The second kappa shape index (κ2) is 10.9. The molecule has 4 rings (SSSR count). The SMILES string of the molecule is C[C@@H](CCc1ccccc1)NCc1c(OCc2ccc(Cl)c(Cl)c2)ccc2ccccc12. The summed E-state index contributed by atoms with van der Waals surface area (Å²) in [7, 11) is 0. The molecule has 4 aromatic rings. The van der Waals surface area contributed by atoms with Gasteiger partial charge in [-0.15, -0.1) is 0 Å². The monoisotopic (exact) mass is 463 g/mol. The molecular formula is C28H27Cl2NO. The fourth-order valence-corrected chi connectivity index (χ4v) is 4.15. The van der Waals surface area contributed by atoms with Crippen LogP contribution in [0.4, 0.5) is 0 Å². The van der Waals surface area contributed by atoms with Gasteiger partial charge in [0.1, 0.15) is 12.4 Å². The van der Waals surface area contributed by atoms with Crippen molar-refractivity contribution in [2.45, 2.75) is 39.0 Å². The van der Waals surface area contributed by atoms with Crippen molar-refractivity contribution in [3.63, 3.8) is 0 Å². The van der Waals surface area contributed by atoms with Gasteiger partial charge in [0.25, 0.3) is 0 Å². The topological polar surface area (TPSA) is 21.3 Å². The molecule has 32 heavy (non-hydrogen) atoms. The van der Waals surface area contributed by atoms with Crippen LogP contribution in [-0.2, 0) is 19.6 Å². The lowest BCUT2D eigenvalue weighted by Crippen LogP contribution is -2.26. The smallest absolute Gasteiger partial charge is 0.124 e. The molecule has 0 radical (unpaired) electrons. The van der Waals surface area contributed by atoms with Crippen molar-refractivity contribution in [1.82, 2.24) is 5.32 Å². The highest BCUT2D eigenvalue weighted by molar-refractivity contribution is 6.42. The second-order valence-corrected chi connectivity index (χ2v) is 8.92. The molecule has 4 heteroatoms. The van der Waals surface area contributed by atoms with Gasteiger partial charge in [-0.3, -0.25) is 0 Å². The first kappa shape index (κ1) is 22.7. The van der Waals surface area contributed by atoms with Gasteiger partial charge in [0.15, 0.2) is 0 Å². The molecule has 164 valence electrons. The molecule has 0 heterocycles. The molecule has 0 unspecified atom stereocenters. The largest absolute Gasteiger partial charge is 0.489 e. The van der Waals surface area contributed by atoms with Gasteiger partial charge in [-0.25, -0.2) is 0 Å². The number of hydrogen-bond acceptors (Lipinski definition) is 2. The van der Waals surface area contributed by atoms with E-state index in [9.17, 15) is 0 Å². The standard InChI is InChI=1S/C28H27Cl2NO/c1-20(11-12-21-7-3-2-4-8-21)31-18-25-24-10-6-5-9-23(24)14-16-28(25)32-19-22-13-15-26(29)27(30)17-22/h2-10,13-17,20,31H,11-12,18-19H2,1H3/t20-/m0/s1. The van der Waals surface area contributed by atoms with E-state index in [0.29, 0.717) is 22.7 Å². The van der Waals surface area contributed by atoms with E-state index in [4.69, 9.17) is 27.9 Å². The summed E-state index contributed by atoms with van der Waals surface area (Å²) in [4.78, 5) is 0. The summed E-state index contributed by atoms with van der Waals surface area (Å²) in [6.45, 7) is 3.42. The number of aryl methyl sites for hydroxylation is 1. The molecule has 0 aliphatic heterocycles. The Bertz CT molecular complexity index is 1180. The highest BCUT2D eigenvalue weighted by Gasteiger charge is 2.11. The van der Waals surface area contributed by atoms with Gasteiger partial charge >= 0.3 is 0 Å². The zero-order chi connectivity index (χ0) is 22.3. The maximum Gasteiger partial charge on any atom is 0.124 e. The predicted octanol–water partition coefficient (Wildman–Crippen LogP) is 7.84. The van der Waals surface area contributed by atoms with Crippen molar-refractivity contribution in [3.05, 3.63) is 112 Å². The third-order valence-electron chi connectivity index (χ3n) is 5.71. The predicted molar refractivity (Wildman–Crippen MR) is 136 cm³/mol. The minimum atomic E-state index is 0.386. The minimum Gasteiger partial charge on any atom is -0.489 e. The Kier molecular flexibility index (Phi) is 7.70. The lowest BCUT2D eigenvalue weighted by Gasteiger charge is -2.18. The maximum absolute atomic E-state index is 6.25. The molecular weight excluding hydrogens is 437 g/mol. The fraction of sp³-hybridized carbons (Fsp3) is 0.214. The van der Waals surface area contributed by atoms with E-state index in [1.165, 1.54) is 21.9 Å². The van der Waals surface area contributed by atoms with E-state index in [-0.39, 0.29) is 0 Å². The molecule has 0 fully saturated rings. The van der Waals surface area contributed by atoms with Crippen molar-refractivity contribution in [1.29, 1.82) is 0 Å². The van der Waals surface area contributed by atoms with Gasteiger partial charge in [-0.1, -0.05) is 89.9 Å². The number of ether oxygens (including phenoxy) is 1. The average molecular weight is 464 g/mol. The zero-order valence-electron chi connectivity index (χ0n) is 18.2. The molecule has 0 aliphatic carbocycles. The first-order valence-electron chi connectivity index (χ1n) is 10.9. The highest BCUT2D eigenvalue weighted by Crippen LogP contribution is 2.30. The number of halogens is 2. The number of fused-ring (bicyclic) bond motifs is 1. The van der Waals surface area contributed by atoms with Gasteiger partial charge in [-0.2, -0.15) is 0 Å². The van der Waals surface area contributed by atoms with E-state index >= 15 is 0 Å². The molecule has 0 amide bonds. The summed E-state index contributed by atoms with van der Waals surface area (Å²) < 4.78 is 6.25. The van der Waals surface area contributed by atoms with Crippen LogP contribution >= 0.6 is 23.2 Å². The molecule has 0 saturated heterocycles. The minimum absolute atomic E-state index is 0.386. The Morgan fingerprint density at radius 3 is 2.41 bits per heavy atom. The number of rotatable bonds is 9. The Labute approximate surface area is 200 Å². The van der Waals surface area contributed by atoms with E-state index in [1.54, 1.807) is 6.07 Å². The molecule has 0 spiro atoms. The quantitative estimate of drug-likeness (QED) is 0.273. The van der Waals surface area contributed by atoms with Crippen LogP contribution in [0, 0.1) is 0 Å². The first-order valence-corrected chi connectivity index (χ1v) is 11.7. The van der Waals surface area contributed by atoms with E-state index < -0.39 is 0 Å². The van der Waals surface area contributed by atoms with Crippen LogP contribution in [0.5, 0.6) is 5.75 Å². The summed E-state index contributed by atoms with van der Waals surface area (Å²) in [5, 5.41) is 7.21. The van der Waals surface area contributed by atoms with Crippen molar-refractivity contribution in [3.8, 4) is 5.75 Å². The van der Waals surface area contributed by atoms with Crippen LogP contribution in [0.2, 0.25) is 10.0 Å². The number of hydrogen-bond donors (Lipinski definition) is 1. The first-order chi connectivity index (χ1) is 15.6. The third-order valence-corrected chi connectivity index (χ3v) is 6.45. The summed E-state index contributed by atoms with van der Waals surface area (Å²) >= 11 is 12.2. The Morgan fingerprint density at radius 2 is 1.59 bits per heavy atom. The second-order valence-electron chi connectivity index (χ2n) is 8.11. The van der Waals surface area contributed by atoms with Gasteiger partial charge < -0.3 is 10.1 Å². The highest BCUT2D eigenvalue weighted by atomic mass is 35.5. The van der Waals surface area contributed by atoms with Crippen LogP contribution in [-0.4, -0.2) is 6.04 Å². The van der Waals surface area contributed by atoms with Crippen LogP contribution < -0.4 is 10.1 Å². The molecule has 0 aliphatic rings. The van der Waals surface area contributed by atoms with Crippen LogP contribution in [0.3, 0.4) is 0 Å².